The molecule has 184 valence electrons. The van der Waals surface area contributed by atoms with E-state index in [1.165, 1.54) is 59.6 Å². The summed E-state index contributed by atoms with van der Waals surface area (Å²) in [5.41, 5.74) is 6.95. The first kappa shape index (κ1) is 23.5. The van der Waals surface area contributed by atoms with E-state index < -0.39 is 0 Å². The van der Waals surface area contributed by atoms with Gasteiger partial charge in [0.2, 0.25) is 5.69 Å². The van der Waals surface area contributed by atoms with Crippen molar-refractivity contribution in [3.63, 3.8) is 0 Å². The van der Waals surface area contributed by atoms with Crippen molar-refractivity contribution in [1.82, 2.24) is 0 Å². The zero-order valence-corrected chi connectivity index (χ0v) is 23.6. The van der Waals surface area contributed by atoms with Crippen molar-refractivity contribution in [3.05, 3.63) is 64.7 Å². The quantitative estimate of drug-likeness (QED) is 0.173. The van der Waals surface area contributed by atoms with Crippen LogP contribution in [0.3, 0.4) is 0 Å². The second-order valence-corrected chi connectivity index (χ2v) is 13.9. The van der Waals surface area contributed by atoms with E-state index in [2.05, 4.69) is 108 Å². The van der Waals surface area contributed by atoms with E-state index >= 15 is 0 Å². The summed E-state index contributed by atoms with van der Waals surface area (Å²) in [4.78, 5) is 0. The molecule has 2 nitrogen and oxygen atoms in total. The molecule has 0 fully saturated rings. The van der Waals surface area contributed by atoms with Crippen LogP contribution in [-0.4, -0.2) is 0 Å². The van der Waals surface area contributed by atoms with Gasteiger partial charge in [0.25, 0.3) is 0 Å². The van der Waals surface area contributed by atoms with Gasteiger partial charge in [-0.2, -0.15) is 0 Å². The minimum atomic E-state index is 0.152. The predicted molar refractivity (Wildman–Crippen MR) is 155 cm³/mol. The van der Waals surface area contributed by atoms with Crippen LogP contribution in [0.4, 0.5) is 0 Å². The number of aryl methyl sites for hydroxylation is 2. The van der Waals surface area contributed by atoms with Gasteiger partial charge in [0, 0.05) is 21.7 Å². The molecule has 0 aliphatic carbocycles. The number of ether oxygens (including phenoxy) is 1. The maximum Gasteiger partial charge on any atom is 0.228 e. The number of thiophene rings is 1. The van der Waals surface area contributed by atoms with E-state index in [9.17, 15) is 0 Å². The molecule has 0 bridgehead atoms. The topological polar surface area (TPSA) is 13.1 Å². The Labute approximate surface area is 218 Å². The average Bonchev–Trinajstić information content (AvgIpc) is 3.27. The number of fused-ring (bicyclic) bond motifs is 5. The van der Waals surface area contributed by atoms with Crippen LogP contribution in [0.5, 0.6) is 11.5 Å². The lowest BCUT2D eigenvalue weighted by Gasteiger charge is -2.28. The summed E-state index contributed by atoms with van der Waals surface area (Å²) < 4.78 is 10.7. The maximum absolute atomic E-state index is 7.02. The van der Waals surface area contributed by atoms with Gasteiger partial charge in [0.05, 0.1) is 10.9 Å². The second kappa shape index (κ2) is 7.79. The fourth-order valence-corrected chi connectivity index (χ4v) is 7.00. The third kappa shape index (κ3) is 3.63. The van der Waals surface area contributed by atoms with E-state index in [4.69, 9.17) is 4.74 Å². The van der Waals surface area contributed by atoms with Crippen molar-refractivity contribution in [2.24, 2.45) is 17.9 Å². The number of nitrogens with zero attached hydrogens (tertiary/aromatic N) is 1. The molecular formula is C33H36NOS+. The zero-order chi connectivity index (χ0) is 25.6. The minimum Gasteiger partial charge on any atom is -0.455 e. The molecule has 2 aromatic heterocycles. The van der Waals surface area contributed by atoms with Crippen molar-refractivity contribution in [2.75, 3.05) is 0 Å². The highest BCUT2D eigenvalue weighted by molar-refractivity contribution is 7.17. The average molecular weight is 495 g/mol. The molecular weight excluding hydrogens is 458 g/mol. The molecule has 6 rings (SSSR count). The van der Waals surface area contributed by atoms with Crippen LogP contribution in [0.25, 0.3) is 42.9 Å². The van der Waals surface area contributed by atoms with Gasteiger partial charge in [-0.3, -0.25) is 0 Å². The molecule has 0 atom stereocenters. The molecule has 1 aliphatic rings. The first-order valence-electron chi connectivity index (χ1n) is 13.0. The van der Waals surface area contributed by atoms with Crippen LogP contribution in [0.2, 0.25) is 0 Å². The summed E-state index contributed by atoms with van der Waals surface area (Å²) in [5, 5.41) is 8.71. The zero-order valence-electron chi connectivity index (χ0n) is 22.8. The highest BCUT2D eigenvalue weighted by Gasteiger charge is 2.34. The molecule has 0 N–H and O–H groups in total. The van der Waals surface area contributed by atoms with Gasteiger partial charge in [0.15, 0.2) is 6.20 Å². The third-order valence-electron chi connectivity index (χ3n) is 7.42. The van der Waals surface area contributed by atoms with Gasteiger partial charge in [-0.05, 0) is 75.4 Å². The van der Waals surface area contributed by atoms with Crippen LogP contribution in [0.1, 0.15) is 58.2 Å². The third-order valence-corrected chi connectivity index (χ3v) is 8.45. The molecule has 0 radical (unpaired) electrons. The Morgan fingerprint density at radius 3 is 2.33 bits per heavy atom. The number of pyridine rings is 1. The first-order chi connectivity index (χ1) is 16.9. The maximum atomic E-state index is 7.02. The second-order valence-electron chi connectivity index (χ2n) is 13.0. The van der Waals surface area contributed by atoms with Crippen LogP contribution in [0, 0.1) is 17.8 Å². The van der Waals surface area contributed by atoms with Crippen molar-refractivity contribution in [1.29, 1.82) is 0 Å². The molecule has 3 heteroatoms. The van der Waals surface area contributed by atoms with E-state index in [1.807, 2.05) is 11.3 Å². The Bertz CT molecular complexity index is 1690. The highest BCUT2D eigenvalue weighted by Crippen LogP contribution is 2.53. The molecule has 0 unspecified atom stereocenters. The molecule has 0 saturated heterocycles. The first-order valence-corrected chi connectivity index (χ1v) is 13.9. The summed E-state index contributed by atoms with van der Waals surface area (Å²) in [6.45, 7) is 16.2. The lowest BCUT2D eigenvalue weighted by molar-refractivity contribution is -0.659. The molecule has 5 aromatic rings. The number of hydrogen-bond donors (Lipinski definition) is 0. The molecule has 0 saturated carbocycles. The van der Waals surface area contributed by atoms with E-state index in [1.54, 1.807) is 0 Å². The lowest BCUT2D eigenvalue weighted by Crippen LogP contribution is -2.32. The number of aromatic nitrogens is 1. The summed E-state index contributed by atoms with van der Waals surface area (Å²) in [6, 6.07) is 13.7. The Balaban J connectivity index is 1.75. The Hall–Kier alpha value is -2.91. The molecule has 3 aromatic carbocycles. The van der Waals surface area contributed by atoms with Crippen molar-refractivity contribution >= 4 is 43.0 Å². The predicted octanol–water partition coefficient (Wildman–Crippen LogP) is 9.29. The largest absolute Gasteiger partial charge is 0.455 e. The van der Waals surface area contributed by atoms with Gasteiger partial charge in [0.1, 0.15) is 18.5 Å². The minimum absolute atomic E-state index is 0.152. The smallest absolute Gasteiger partial charge is 0.228 e. The molecule has 36 heavy (non-hydrogen) atoms. The lowest BCUT2D eigenvalue weighted by atomic mass is 9.82. The monoisotopic (exact) mass is 494 g/mol. The number of rotatable bonds is 2. The Morgan fingerprint density at radius 2 is 1.61 bits per heavy atom. The number of hydrogen-bond acceptors (Lipinski definition) is 2. The van der Waals surface area contributed by atoms with Crippen LogP contribution >= 0.6 is 11.3 Å². The molecule has 0 spiro atoms. The number of benzene rings is 3. The summed E-state index contributed by atoms with van der Waals surface area (Å²) in [7, 11) is 2.18. The Kier molecular flexibility index (Phi) is 5.08. The van der Waals surface area contributed by atoms with Crippen molar-refractivity contribution in [2.45, 2.75) is 61.3 Å². The van der Waals surface area contributed by atoms with Gasteiger partial charge >= 0.3 is 0 Å². The van der Waals surface area contributed by atoms with Crippen molar-refractivity contribution < 1.29 is 9.30 Å². The highest BCUT2D eigenvalue weighted by atomic mass is 32.1. The summed E-state index contributed by atoms with van der Waals surface area (Å²) in [6.07, 6.45) is 4.23. The molecule has 3 heterocycles. The summed E-state index contributed by atoms with van der Waals surface area (Å²) >= 11 is 1.85. The van der Waals surface area contributed by atoms with Gasteiger partial charge in [-0.15, -0.1) is 11.3 Å². The fraction of sp³-hybridized carbons (Fsp3) is 0.364. The van der Waals surface area contributed by atoms with Crippen LogP contribution < -0.4 is 9.30 Å². The standard InChI is InChI=1S/C33H36NOS/c1-19-27-29-28-22(12-14-34(29)8)21-11-9-10-20(17-32(2,3)4)24(21)16-26(28)35-30(27)25(18-33(5,6)7)23-13-15-36-31(19)23/h9-16H,17-18H2,1-8H3/q+1. The van der Waals surface area contributed by atoms with E-state index in [0.29, 0.717) is 0 Å². The fourth-order valence-electron chi connectivity index (χ4n) is 6.06. The normalized spacial score (nSPS) is 13.4. The van der Waals surface area contributed by atoms with E-state index in [-0.39, 0.29) is 10.8 Å². The molecule has 1 aliphatic heterocycles. The van der Waals surface area contributed by atoms with Gasteiger partial charge < -0.3 is 4.74 Å². The Morgan fingerprint density at radius 1 is 0.861 bits per heavy atom. The SMILES string of the molecule is Cc1c2c(c(CC(C)(C)C)c3ccsc13)Oc1cc3c(CC(C)(C)C)cccc3c3cc[n+](C)c-2c13. The van der Waals surface area contributed by atoms with Gasteiger partial charge in [-0.1, -0.05) is 59.7 Å². The molecule has 0 amide bonds. The summed E-state index contributed by atoms with van der Waals surface area (Å²) in [5.74, 6) is 2.04. The van der Waals surface area contributed by atoms with Crippen molar-refractivity contribution in [3.8, 4) is 22.8 Å². The van der Waals surface area contributed by atoms with Crippen LogP contribution in [-0.2, 0) is 19.9 Å². The van der Waals surface area contributed by atoms with Gasteiger partial charge in [-0.25, -0.2) is 4.57 Å². The van der Waals surface area contributed by atoms with Crippen LogP contribution in [0.15, 0.2) is 48.0 Å². The van der Waals surface area contributed by atoms with E-state index in [0.717, 1.165) is 24.3 Å².